The molecule has 0 saturated carbocycles. The van der Waals surface area contributed by atoms with E-state index in [1.807, 2.05) is 6.92 Å². The number of hydrogen-bond acceptors (Lipinski definition) is 5. The maximum atomic E-state index is 10.9. The molecular weight excluding hydrogens is 246 g/mol. The van der Waals surface area contributed by atoms with Gasteiger partial charge in [0.1, 0.15) is 6.33 Å². The lowest BCUT2D eigenvalue weighted by molar-refractivity contribution is -0.384. The molecule has 2 aromatic heterocycles. The number of nitrogens with zero attached hydrogens (tertiary/aromatic N) is 5. The average Bonchev–Trinajstić information content (AvgIpc) is 2.76. The van der Waals surface area contributed by atoms with E-state index in [0.717, 1.165) is 0 Å². The second-order valence-corrected chi connectivity index (χ2v) is 3.56. The van der Waals surface area contributed by atoms with Crippen molar-refractivity contribution in [3.63, 3.8) is 0 Å². The zero-order chi connectivity index (χ0) is 12.4. The summed E-state index contributed by atoms with van der Waals surface area (Å²) in [5.41, 5.74) is 0.419. The van der Waals surface area contributed by atoms with Gasteiger partial charge in [-0.2, -0.15) is 5.10 Å². The zero-order valence-corrected chi connectivity index (χ0v) is 9.63. The Morgan fingerprint density at radius 3 is 2.88 bits per heavy atom. The molecule has 0 fully saturated rings. The van der Waals surface area contributed by atoms with E-state index in [1.165, 1.54) is 12.5 Å². The van der Waals surface area contributed by atoms with Crippen LogP contribution in [-0.4, -0.2) is 24.7 Å². The monoisotopic (exact) mass is 253 g/mol. The van der Waals surface area contributed by atoms with Gasteiger partial charge in [0.15, 0.2) is 5.69 Å². The van der Waals surface area contributed by atoms with Crippen molar-refractivity contribution in [3.8, 4) is 11.3 Å². The van der Waals surface area contributed by atoms with Crippen molar-refractivity contribution in [2.75, 3.05) is 0 Å². The molecule has 88 valence electrons. The van der Waals surface area contributed by atoms with Crippen LogP contribution in [0.5, 0.6) is 0 Å². The quantitative estimate of drug-likeness (QED) is 0.474. The molecule has 0 aliphatic rings. The van der Waals surface area contributed by atoms with Crippen LogP contribution in [0.2, 0.25) is 5.15 Å². The molecule has 0 saturated heterocycles. The molecule has 0 aliphatic heterocycles. The van der Waals surface area contributed by atoms with Crippen LogP contribution in [0.3, 0.4) is 0 Å². The minimum Gasteiger partial charge on any atom is -0.272 e. The van der Waals surface area contributed by atoms with Crippen LogP contribution in [0.15, 0.2) is 18.7 Å². The second kappa shape index (κ2) is 4.46. The van der Waals surface area contributed by atoms with Crippen LogP contribution in [0.1, 0.15) is 6.92 Å². The van der Waals surface area contributed by atoms with Crippen molar-refractivity contribution in [2.24, 2.45) is 0 Å². The molecule has 0 radical (unpaired) electrons. The highest BCUT2D eigenvalue weighted by atomic mass is 35.5. The van der Waals surface area contributed by atoms with E-state index in [2.05, 4.69) is 15.1 Å². The Morgan fingerprint density at radius 1 is 1.53 bits per heavy atom. The molecule has 0 amide bonds. The first-order valence-corrected chi connectivity index (χ1v) is 5.19. The van der Waals surface area contributed by atoms with Crippen molar-refractivity contribution in [1.29, 1.82) is 0 Å². The van der Waals surface area contributed by atoms with Crippen LogP contribution in [0, 0.1) is 10.1 Å². The summed E-state index contributed by atoms with van der Waals surface area (Å²) in [6.45, 7) is 2.59. The molecule has 2 heterocycles. The summed E-state index contributed by atoms with van der Waals surface area (Å²) in [6.07, 6.45) is 4.37. The van der Waals surface area contributed by atoms with Crippen molar-refractivity contribution in [1.82, 2.24) is 19.7 Å². The topological polar surface area (TPSA) is 86.7 Å². The van der Waals surface area contributed by atoms with Crippen LogP contribution < -0.4 is 0 Å². The van der Waals surface area contributed by atoms with E-state index in [0.29, 0.717) is 12.1 Å². The Bertz CT molecular complexity index is 568. The number of nitro groups is 1. The summed E-state index contributed by atoms with van der Waals surface area (Å²) < 4.78 is 1.65. The number of halogens is 1. The standard InChI is InChI=1S/C9H8ClN5O2/c1-2-14-4-6(3-13-14)7-8(15(16)17)9(10)12-5-11-7/h3-5H,2H2,1H3. The highest BCUT2D eigenvalue weighted by Gasteiger charge is 2.23. The Balaban J connectivity index is 2.58. The van der Waals surface area contributed by atoms with E-state index in [-0.39, 0.29) is 16.5 Å². The first-order valence-electron chi connectivity index (χ1n) is 4.81. The van der Waals surface area contributed by atoms with Gasteiger partial charge < -0.3 is 0 Å². The van der Waals surface area contributed by atoms with E-state index in [1.54, 1.807) is 10.9 Å². The molecule has 8 heteroatoms. The molecule has 0 aliphatic carbocycles. The van der Waals surface area contributed by atoms with Crippen molar-refractivity contribution in [3.05, 3.63) is 34.0 Å². The molecule has 0 N–H and O–H groups in total. The van der Waals surface area contributed by atoms with Gasteiger partial charge in [0, 0.05) is 18.3 Å². The fourth-order valence-electron chi connectivity index (χ4n) is 1.39. The van der Waals surface area contributed by atoms with Gasteiger partial charge >= 0.3 is 5.69 Å². The summed E-state index contributed by atoms with van der Waals surface area (Å²) in [4.78, 5) is 17.8. The van der Waals surface area contributed by atoms with Crippen molar-refractivity contribution in [2.45, 2.75) is 13.5 Å². The molecule has 0 atom stereocenters. The summed E-state index contributed by atoms with van der Waals surface area (Å²) in [6, 6.07) is 0. The lowest BCUT2D eigenvalue weighted by Crippen LogP contribution is -1.97. The van der Waals surface area contributed by atoms with E-state index >= 15 is 0 Å². The lowest BCUT2D eigenvalue weighted by atomic mass is 10.2. The van der Waals surface area contributed by atoms with Gasteiger partial charge in [-0.1, -0.05) is 11.6 Å². The molecule has 0 spiro atoms. The lowest BCUT2D eigenvalue weighted by Gasteiger charge is -1.99. The molecule has 0 unspecified atom stereocenters. The predicted molar refractivity (Wildman–Crippen MR) is 60.6 cm³/mol. The van der Waals surface area contributed by atoms with E-state index < -0.39 is 4.92 Å². The Morgan fingerprint density at radius 2 is 2.29 bits per heavy atom. The SMILES string of the molecule is CCn1cc(-c2ncnc(Cl)c2[N+](=O)[O-])cn1. The predicted octanol–water partition coefficient (Wildman–Crippen LogP) is 1.92. The Hall–Kier alpha value is -2.02. The normalized spacial score (nSPS) is 10.5. The largest absolute Gasteiger partial charge is 0.332 e. The summed E-state index contributed by atoms with van der Waals surface area (Å²) in [5, 5.41) is 14.8. The summed E-state index contributed by atoms with van der Waals surface area (Å²) in [7, 11) is 0. The zero-order valence-electron chi connectivity index (χ0n) is 8.87. The maximum Gasteiger partial charge on any atom is 0.332 e. The number of hydrogen-bond donors (Lipinski definition) is 0. The third kappa shape index (κ3) is 2.09. The van der Waals surface area contributed by atoms with Gasteiger partial charge in [-0.15, -0.1) is 0 Å². The molecule has 2 aromatic rings. The number of aryl methyl sites for hydroxylation is 1. The number of aromatic nitrogens is 4. The van der Waals surface area contributed by atoms with E-state index in [9.17, 15) is 10.1 Å². The van der Waals surface area contributed by atoms with Gasteiger partial charge in [0.05, 0.1) is 11.1 Å². The minimum atomic E-state index is -0.596. The Labute approximate surface area is 101 Å². The molecular formula is C9H8ClN5O2. The Kier molecular flexibility index (Phi) is 3.01. The summed E-state index contributed by atoms with van der Waals surface area (Å²) >= 11 is 5.69. The fourth-order valence-corrected chi connectivity index (χ4v) is 1.59. The molecule has 2 rings (SSSR count). The molecule has 7 nitrogen and oxygen atoms in total. The minimum absolute atomic E-state index is 0.176. The average molecular weight is 254 g/mol. The van der Waals surface area contributed by atoms with E-state index in [4.69, 9.17) is 11.6 Å². The first-order chi connectivity index (χ1) is 8.13. The highest BCUT2D eigenvalue weighted by Crippen LogP contribution is 2.31. The van der Waals surface area contributed by atoms with Crippen LogP contribution in [0.4, 0.5) is 5.69 Å². The number of rotatable bonds is 3. The van der Waals surface area contributed by atoms with Gasteiger partial charge in [-0.25, -0.2) is 9.97 Å². The van der Waals surface area contributed by atoms with Gasteiger partial charge in [0.25, 0.3) is 0 Å². The summed E-state index contributed by atoms with van der Waals surface area (Å²) in [5.74, 6) is 0. The second-order valence-electron chi connectivity index (χ2n) is 3.20. The van der Waals surface area contributed by atoms with Crippen LogP contribution >= 0.6 is 11.6 Å². The van der Waals surface area contributed by atoms with Crippen LogP contribution in [-0.2, 0) is 6.54 Å². The van der Waals surface area contributed by atoms with Crippen molar-refractivity contribution >= 4 is 17.3 Å². The van der Waals surface area contributed by atoms with Gasteiger partial charge in [-0.3, -0.25) is 14.8 Å². The van der Waals surface area contributed by atoms with Crippen LogP contribution in [0.25, 0.3) is 11.3 Å². The molecule has 0 aromatic carbocycles. The fraction of sp³-hybridized carbons (Fsp3) is 0.222. The maximum absolute atomic E-state index is 10.9. The third-order valence-electron chi connectivity index (χ3n) is 2.19. The molecule has 17 heavy (non-hydrogen) atoms. The highest BCUT2D eigenvalue weighted by molar-refractivity contribution is 6.31. The first kappa shape index (κ1) is 11.5. The van der Waals surface area contributed by atoms with Gasteiger partial charge in [0.2, 0.25) is 5.15 Å². The molecule has 0 bridgehead atoms. The third-order valence-corrected chi connectivity index (χ3v) is 2.47. The van der Waals surface area contributed by atoms with Gasteiger partial charge in [-0.05, 0) is 6.92 Å². The van der Waals surface area contributed by atoms with Crippen molar-refractivity contribution < 1.29 is 4.92 Å². The smallest absolute Gasteiger partial charge is 0.272 e.